The Morgan fingerprint density at radius 2 is 1.96 bits per heavy atom. The highest BCUT2D eigenvalue weighted by Gasteiger charge is 2.14. The number of pyridine rings is 1. The van der Waals surface area contributed by atoms with Crippen molar-refractivity contribution in [1.82, 2.24) is 15.2 Å². The molecular weight excluding hydrogens is 334 g/mol. The first-order chi connectivity index (χ1) is 12.3. The molecule has 0 radical (unpaired) electrons. The Morgan fingerprint density at radius 1 is 1.16 bits per heavy atom. The summed E-state index contributed by atoms with van der Waals surface area (Å²) in [6.45, 7) is 5.23. The maximum atomic E-state index is 12.5. The number of carbonyl (C=O) groups excluding carboxylic acids is 1. The standard InChI is InChI=1S/C19H23N3O2S/c23-18(20-10-5-11-22-12-14-24-15-13-22)17-8-4-9-21-19(17)25-16-6-2-1-3-7-16/h1-4,6-9H,5,10-15H2,(H,20,23). The zero-order valence-electron chi connectivity index (χ0n) is 14.2. The van der Waals surface area contributed by atoms with Crippen molar-refractivity contribution in [3.05, 3.63) is 54.2 Å². The van der Waals surface area contributed by atoms with E-state index in [2.05, 4.69) is 15.2 Å². The average molecular weight is 357 g/mol. The minimum absolute atomic E-state index is 0.0616. The molecule has 1 saturated heterocycles. The molecule has 2 aromatic rings. The predicted octanol–water partition coefficient (Wildman–Crippen LogP) is 2.68. The van der Waals surface area contributed by atoms with Gasteiger partial charge in [0.1, 0.15) is 5.03 Å². The molecule has 0 saturated carbocycles. The van der Waals surface area contributed by atoms with E-state index >= 15 is 0 Å². The monoisotopic (exact) mass is 357 g/mol. The van der Waals surface area contributed by atoms with E-state index in [0.29, 0.717) is 12.1 Å². The van der Waals surface area contributed by atoms with E-state index in [-0.39, 0.29) is 5.91 Å². The topological polar surface area (TPSA) is 54.5 Å². The number of hydrogen-bond donors (Lipinski definition) is 1. The molecule has 1 aromatic heterocycles. The van der Waals surface area contributed by atoms with Crippen LogP contribution in [0.5, 0.6) is 0 Å². The summed E-state index contributed by atoms with van der Waals surface area (Å²) in [6.07, 6.45) is 2.66. The van der Waals surface area contributed by atoms with Crippen molar-refractivity contribution in [2.75, 3.05) is 39.4 Å². The Hall–Kier alpha value is -1.89. The van der Waals surface area contributed by atoms with Crippen molar-refractivity contribution in [2.24, 2.45) is 0 Å². The lowest BCUT2D eigenvalue weighted by molar-refractivity contribution is 0.0374. The number of nitrogens with one attached hydrogen (secondary N) is 1. The van der Waals surface area contributed by atoms with Crippen LogP contribution in [-0.2, 0) is 4.74 Å². The minimum atomic E-state index is -0.0616. The van der Waals surface area contributed by atoms with Gasteiger partial charge in [0, 0.05) is 30.7 Å². The van der Waals surface area contributed by atoms with Crippen molar-refractivity contribution < 1.29 is 9.53 Å². The molecule has 2 heterocycles. The average Bonchev–Trinajstić information content (AvgIpc) is 2.67. The summed E-state index contributed by atoms with van der Waals surface area (Å²) in [5, 5.41) is 3.75. The number of ether oxygens (including phenoxy) is 1. The molecule has 0 spiro atoms. The molecule has 3 rings (SSSR count). The van der Waals surface area contributed by atoms with Crippen LogP contribution in [0.15, 0.2) is 58.6 Å². The van der Waals surface area contributed by atoms with Crippen molar-refractivity contribution in [1.29, 1.82) is 0 Å². The molecule has 1 fully saturated rings. The van der Waals surface area contributed by atoms with E-state index in [4.69, 9.17) is 4.74 Å². The number of benzene rings is 1. The summed E-state index contributed by atoms with van der Waals surface area (Å²) < 4.78 is 5.34. The lowest BCUT2D eigenvalue weighted by Crippen LogP contribution is -2.38. The Labute approximate surface area is 152 Å². The van der Waals surface area contributed by atoms with Crippen molar-refractivity contribution in [2.45, 2.75) is 16.3 Å². The molecule has 5 nitrogen and oxygen atoms in total. The summed E-state index contributed by atoms with van der Waals surface area (Å²) >= 11 is 1.51. The summed E-state index contributed by atoms with van der Waals surface area (Å²) in [6, 6.07) is 13.6. The summed E-state index contributed by atoms with van der Waals surface area (Å²) in [4.78, 5) is 20.3. The maximum absolute atomic E-state index is 12.5. The Bertz CT molecular complexity index is 675. The summed E-state index contributed by atoms with van der Waals surface area (Å²) in [7, 11) is 0. The van der Waals surface area contributed by atoms with Gasteiger partial charge in [0.15, 0.2) is 0 Å². The number of carbonyl (C=O) groups is 1. The van der Waals surface area contributed by atoms with E-state index in [1.54, 1.807) is 12.3 Å². The second kappa shape index (κ2) is 9.56. The lowest BCUT2D eigenvalue weighted by Gasteiger charge is -2.26. The van der Waals surface area contributed by atoms with Gasteiger partial charge in [-0.25, -0.2) is 4.98 Å². The van der Waals surface area contributed by atoms with Crippen LogP contribution in [0.25, 0.3) is 0 Å². The summed E-state index contributed by atoms with van der Waals surface area (Å²) in [5.74, 6) is -0.0616. The Balaban J connectivity index is 1.51. The predicted molar refractivity (Wildman–Crippen MR) is 99.0 cm³/mol. The number of rotatable bonds is 7. The van der Waals surface area contributed by atoms with Crippen LogP contribution in [-0.4, -0.2) is 55.2 Å². The van der Waals surface area contributed by atoms with Crippen LogP contribution < -0.4 is 5.32 Å². The molecule has 0 unspecified atom stereocenters. The highest BCUT2D eigenvalue weighted by molar-refractivity contribution is 7.99. The fraction of sp³-hybridized carbons (Fsp3) is 0.368. The number of hydrogen-bond acceptors (Lipinski definition) is 5. The quantitative estimate of drug-likeness (QED) is 0.772. The maximum Gasteiger partial charge on any atom is 0.254 e. The minimum Gasteiger partial charge on any atom is -0.379 e. The van der Waals surface area contributed by atoms with Gasteiger partial charge in [-0.2, -0.15) is 0 Å². The largest absolute Gasteiger partial charge is 0.379 e. The third-order valence-electron chi connectivity index (χ3n) is 4.01. The van der Waals surface area contributed by atoms with E-state index < -0.39 is 0 Å². The number of aromatic nitrogens is 1. The molecule has 1 aliphatic rings. The fourth-order valence-electron chi connectivity index (χ4n) is 2.67. The van der Waals surface area contributed by atoms with Gasteiger partial charge in [0.2, 0.25) is 0 Å². The zero-order valence-corrected chi connectivity index (χ0v) is 15.0. The van der Waals surface area contributed by atoms with Gasteiger partial charge in [-0.05, 0) is 37.2 Å². The van der Waals surface area contributed by atoms with Crippen molar-refractivity contribution in [3.63, 3.8) is 0 Å². The smallest absolute Gasteiger partial charge is 0.254 e. The van der Waals surface area contributed by atoms with Gasteiger partial charge >= 0.3 is 0 Å². The summed E-state index contributed by atoms with van der Waals surface area (Å²) in [5.41, 5.74) is 0.628. The SMILES string of the molecule is O=C(NCCCN1CCOCC1)c1cccnc1Sc1ccccc1. The Morgan fingerprint density at radius 3 is 2.76 bits per heavy atom. The highest BCUT2D eigenvalue weighted by Crippen LogP contribution is 2.28. The van der Waals surface area contributed by atoms with Crippen LogP contribution >= 0.6 is 11.8 Å². The highest BCUT2D eigenvalue weighted by atomic mass is 32.2. The van der Waals surface area contributed by atoms with Gasteiger partial charge in [-0.15, -0.1) is 0 Å². The van der Waals surface area contributed by atoms with Gasteiger partial charge in [0.25, 0.3) is 5.91 Å². The molecule has 0 bridgehead atoms. The van der Waals surface area contributed by atoms with Gasteiger partial charge in [0.05, 0.1) is 18.8 Å². The molecule has 1 aromatic carbocycles. The van der Waals surface area contributed by atoms with Gasteiger partial charge in [-0.1, -0.05) is 30.0 Å². The van der Waals surface area contributed by atoms with Gasteiger partial charge < -0.3 is 10.1 Å². The molecule has 0 atom stereocenters. The van der Waals surface area contributed by atoms with E-state index in [1.165, 1.54) is 11.8 Å². The molecule has 0 aliphatic carbocycles. The van der Waals surface area contributed by atoms with E-state index in [0.717, 1.165) is 49.2 Å². The first-order valence-corrected chi connectivity index (χ1v) is 9.41. The molecule has 25 heavy (non-hydrogen) atoms. The number of nitrogens with zero attached hydrogens (tertiary/aromatic N) is 2. The normalized spacial score (nSPS) is 15.0. The number of morpholine rings is 1. The first-order valence-electron chi connectivity index (χ1n) is 8.59. The van der Waals surface area contributed by atoms with Crippen LogP contribution in [0.4, 0.5) is 0 Å². The third kappa shape index (κ3) is 5.56. The zero-order chi connectivity index (χ0) is 17.3. The van der Waals surface area contributed by atoms with Crippen LogP contribution in [0.2, 0.25) is 0 Å². The first kappa shape index (κ1) is 17.9. The van der Waals surface area contributed by atoms with Crippen LogP contribution in [0.1, 0.15) is 16.8 Å². The second-order valence-corrected chi connectivity index (χ2v) is 6.90. The number of amides is 1. The van der Waals surface area contributed by atoms with Crippen LogP contribution in [0, 0.1) is 0 Å². The molecule has 1 amide bonds. The van der Waals surface area contributed by atoms with E-state index in [1.807, 2.05) is 36.4 Å². The third-order valence-corrected chi connectivity index (χ3v) is 5.04. The van der Waals surface area contributed by atoms with Crippen molar-refractivity contribution in [3.8, 4) is 0 Å². The molecule has 6 heteroatoms. The van der Waals surface area contributed by atoms with Crippen molar-refractivity contribution >= 4 is 17.7 Å². The van der Waals surface area contributed by atoms with Crippen LogP contribution in [0.3, 0.4) is 0 Å². The molecule has 1 N–H and O–H groups in total. The Kier molecular flexibility index (Phi) is 6.85. The van der Waals surface area contributed by atoms with Gasteiger partial charge in [-0.3, -0.25) is 9.69 Å². The molecular formula is C19H23N3O2S. The molecule has 1 aliphatic heterocycles. The lowest BCUT2D eigenvalue weighted by atomic mass is 10.2. The fourth-order valence-corrected chi connectivity index (χ4v) is 3.57. The van der Waals surface area contributed by atoms with E-state index in [9.17, 15) is 4.79 Å². The second-order valence-electron chi connectivity index (χ2n) is 5.83. The molecule has 132 valence electrons.